The lowest BCUT2D eigenvalue weighted by atomic mass is 10.3. The van der Waals surface area contributed by atoms with Gasteiger partial charge < -0.3 is 4.98 Å². The Morgan fingerprint density at radius 1 is 1.50 bits per heavy atom. The molecule has 1 N–H and O–H groups in total. The maximum atomic E-state index is 12.0. The van der Waals surface area contributed by atoms with Crippen LogP contribution in [0.15, 0.2) is 27.5 Å². The Balaban J connectivity index is 2.27. The average molecular weight is 299 g/mol. The van der Waals surface area contributed by atoms with Gasteiger partial charge in [-0.15, -0.1) is 11.8 Å². The van der Waals surface area contributed by atoms with E-state index >= 15 is 0 Å². The van der Waals surface area contributed by atoms with E-state index in [2.05, 4.69) is 20.9 Å². The molecule has 0 spiro atoms. The number of benzene rings is 1. The van der Waals surface area contributed by atoms with Gasteiger partial charge in [0.2, 0.25) is 0 Å². The van der Waals surface area contributed by atoms with Crippen molar-refractivity contribution in [2.24, 2.45) is 0 Å². The molecule has 3 nitrogen and oxygen atoms in total. The predicted octanol–water partition coefficient (Wildman–Crippen LogP) is 3.12. The molecule has 3 rings (SSSR count). The van der Waals surface area contributed by atoms with Gasteiger partial charge in [-0.2, -0.15) is 0 Å². The first-order valence-corrected chi connectivity index (χ1v) is 7.12. The summed E-state index contributed by atoms with van der Waals surface area (Å²) in [5.74, 6) is 1.15. The number of aromatic nitrogens is 2. The highest BCUT2D eigenvalue weighted by molar-refractivity contribution is 9.10. The molecule has 2 heterocycles. The number of hydrogen-bond acceptors (Lipinski definition) is 2. The Hall–Kier alpha value is -0.680. The number of aromatic amines is 1. The Labute approximate surface area is 105 Å². The Bertz CT molecular complexity index is 583. The van der Waals surface area contributed by atoms with E-state index in [1.54, 1.807) is 0 Å². The smallest absolute Gasteiger partial charge is 0.305 e. The minimum Gasteiger partial charge on any atom is -0.305 e. The quantitative estimate of drug-likeness (QED) is 0.878. The first-order valence-electron chi connectivity index (χ1n) is 5.28. The Kier molecular flexibility index (Phi) is 2.59. The van der Waals surface area contributed by atoms with E-state index < -0.39 is 0 Å². The highest BCUT2D eigenvalue weighted by Crippen LogP contribution is 2.36. The van der Waals surface area contributed by atoms with Crippen molar-refractivity contribution >= 4 is 38.7 Å². The topological polar surface area (TPSA) is 37.8 Å². The summed E-state index contributed by atoms with van der Waals surface area (Å²) in [6, 6.07) is 5.91. The van der Waals surface area contributed by atoms with Crippen LogP contribution in [0.25, 0.3) is 11.0 Å². The minimum atomic E-state index is 0.00120. The van der Waals surface area contributed by atoms with Gasteiger partial charge in [0.25, 0.3) is 0 Å². The van der Waals surface area contributed by atoms with Crippen LogP contribution < -0.4 is 5.69 Å². The second-order valence-electron chi connectivity index (χ2n) is 3.90. The van der Waals surface area contributed by atoms with E-state index in [-0.39, 0.29) is 5.69 Å². The Morgan fingerprint density at radius 2 is 2.38 bits per heavy atom. The molecule has 0 saturated carbocycles. The highest BCUT2D eigenvalue weighted by Gasteiger charge is 2.21. The maximum Gasteiger partial charge on any atom is 0.327 e. The molecule has 0 aliphatic carbocycles. The zero-order chi connectivity index (χ0) is 11.1. The third-order valence-corrected chi connectivity index (χ3v) is 4.91. The van der Waals surface area contributed by atoms with Crippen LogP contribution in [0.2, 0.25) is 0 Å². The number of H-pyrrole nitrogens is 1. The molecule has 0 bridgehead atoms. The van der Waals surface area contributed by atoms with Gasteiger partial charge in [0, 0.05) is 4.47 Å². The van der Waals surface area contributed by atoms with Crippen molar-refractivity contribution in [3.63, 3.8) is 0 Å². The van der Waals surface area contributed by atoms with Crippen LogP contribution in [-0.4, -0.2) is 15.3 Å². The zero-order valence-corrected chi connectivity index (χ0v) is 11.0. The van der Waals surface area contributed by atoms with E-state index in [9.17, 15) is 4.79 Å². The number of imidazole rings is 1. The molecular formula is C11H11BrN2OS. The zero-order valence-electron chi connectivity index (χ0n) is 8.57. The van der Waals surface area contributed by atoms with Gasteiger partial charge in [0.15, 0.2) is 0 Å². The molecule has 1 aliphatic heterocycles. The lowest BCUT2D eigenvalue weighted by Gasteiger charge is -2.10. The van der Waals surface area contributed by atoms with Gasteiger partial charge >= 0.3 is 5.69 Å². The normalized spacial score (nSPS) is 20.7. The fourth-order valence-corrected chi connectivity index (χ4v) is 3.92. The van der Waals surface area contributed by atoms with Crippen molar-refractivity contribution in [3.8, 4) is 0 Å². The van der Waals surface area contributed by atoms with Crippen molar-refractivity contribution in [2.75, 3.05) is 5.75 Å². The number of halogens is 1. The molecular weight excluding hydrogens is 288 g/mol. The van der Waals surface area contributed by atoms with Crippen LogP contribution in [0, 0.1) is 0 Å². The first kappa shape index (κ1) is 10.5. The van der Waals surface area contributed by atoms with Crippen LogP contribution in [0.3, 0.4) is 0 Å². The van der Waals surface area contributed by atoms with Crippen LogP contribution >= 0.6 is 27.7 Å². The van der Waals surface area contributed by atoms with Crippen LogP contribution in [0.5, 0.6) is 0 Å². The van der Waals surface area contributed by atoms with E-state index in [1.807, 2.05) is 34.5 Å². The summed E-state index contributed by atoms with van der Waals surface area (Å²) >= 11 is 5.33. The van der Waals surface area contributed by atoms with Gasteiger partial charge in [0.1, 0.15) is 0 Å². The summed E-state index contributed by atoms with van der Waals surface area (Å²) in [6.07, 6.45) is 2.28. The van der Waals surface area contributed by atoms with Crippen LogP contribution in [-0.2, 0) is 0 Å². The van der Waals surface area contributed by atoms with Crippen molar-refractivity contribution in [1.82, 2.24) is 9.55 Å². The molecule has 1 aromatic carbocycles. The largest absolute Gasteiger partial charge is 0.327 e. The summed E-state index contributed by atoms with van der Waals surface area (Å²) in [5, 5.41) is 0.301. The van der Waals surface area contributed by atoms with E-state index in [4.69, 9.17) is 0 Å². The number of para-hydroxylation sites is 1. The lowest BCUT2D eigenvalue weighted by molar-refractivity contribution is 0.641. The number of hydrogen-bond donors (Lipinski definition) is 1. The number of thioether (sulfide) groups is 1. The molecule has 1 saturated heterocycles. The van der Waals surface area contributed by atoms with E-state index in [0.717, 1.165) is 27.7 Å². The van der Waals surface area contributed by atoms with E-state index in [1.165, 1.54) is 6.42 Å². The predicted molar refractivity (Wildman–Crippen MR) is 71.0 cm³/mol. The summed E-state index contributed by atoms with van der Waals surface area (Å²) in [4.78, 5) is 14.9. The van der Waals surface area contributed by atoms with Crippen LogP contribution in [0.1, 0.15) is 18.2 Å². The third kappa shape index (κ3) is 1.53. The number of nitrogens with zero attached hydrogens (tertiary/aromatic N) is 1. The Morgan fingerprint density at radius 3 is 3.12 bits per heavy atom. The van der Waals surface area contributed by atoms with Crippen molar-refractivity contribution in [2.45, 2.75) is 18.2 Å². The lowest BCUT2D eigenvalue weighted by Crippen LogP contribution is -2.18. The number of fused-ring (bicyclic) bond motifs is 1. The summed E-state index contributed by atoms with van der Waals surface area (Å²) in [6.45, 7) is 0. The fourth-order valence-electron chi connectivity index (χ4n) is 2.16. The average Bonchev–Trinajstić information content (AvgIpc) is 2.85. The van der Waals surface area contributed by atoms with E-state index in [0.29, 0.717) is 5.37 Å². The van der Waals surface area contributed by atoms with Gasteiger partial charge in [0.05, 0.1) is 16.4 Å². The molecule has 1 fully saturated rings. The monoisotopic (exact) mass is 298 g/mol. The molecule has 0 amide bonds. The summed E-state index contributed by atoms with van der Waals surface area (Å²) in [7, 11) is 0. The van der Waals surface area contributed by atoms with Crippen molar-refractivity contribution in [1.29, 1.82) is 0 Å². The fraction of sp³-hybridized carbons (Fsp3) is 0.364. The molecule has 16 heavy (non-hydrogen) atoms. The highest BCUT2D eigenvalue weighted by atomic mass is 79.9. The standard InChI is InChI=1S/C11H11BrN2OS/c12-7-3-1-4-8-10(7)13-11(15)14(8)9-5-2-6-16-9/h1,3-4,9H,2,5-6H2,(H,13,15). The summed E-state index contributed by atoms with van der Waals surface area (Å²) < 4.78 is 2.83. The molecule has 1 aliphatic rings. The summed E-state index contributed by atoms with van der Waals surface area (Å²) in [5.41, 5.74) is 1.90. The minimum absolute atomic E-state index is 0.00120. The molecule has 1 atom stereocenters. The molecule has 1 unspecified atom stereocenters. The van der Waals surface area contributed by atoms with Gasteiger partial charge in [-0.1, -0.05) is 6.07 Å². The van der Waals surface area contributed by atoms with Gasteiger partial charge in [-0.05, 0) is 46.7 Å². The molecule has 84 valence electrons. The molecule has 5 heteroatoms. The maximum absolute atomic E-state index is 12.0. The van der Waals surface area contributed by atoms with Crippen molar-refractivity contribution < 1.29 is 0 Å². The number of nitrogens with one attached hydrogen (secondary N) is 1. The van der Waals surface area contributed by atoms with Crippen molar-refractivity contribution in [3.05, 3.63) is 33.2 Å². The first-order chi connectivity index (χ1) is 7.77. The van der Waals surface area contributed by atoms with Gasteiger partial charge in [-0.25, -0.2) is 4.79 Å². The molecule has 1 aromatic heterocycles. The van der Waals surface area contributed by atoms with Crippen LogP contribution in [0.4, 0.5) is 0 Å². The van der Waals surface area contributed by atoms with Gasteiger partial charge in [-0.3, -0.25) is 4.57 Å². The second-order valence-corrected chi connectivity index (χ2v) is 6.04. The SMILES string of the molecule is O=c1[nH]c2c(Br)cccc2n1C1CCCS1. The molecule has 2 aromatic rings. The second kappa shape index (κ2) is 3.96. The molecule has 0 radical (unpaired) electrons. The third-order valence-electron chi connectivity index (χ3n) is 2.90. The number of rotatable bonds is 1.